The molecule has 0 radical (unpaired) electrons. The Kier molecular flexibility index (Phi) is 7.32. The van der Waals surface area contributed by atoms with Crippen LogP contribution in [0.4, 0.5) is 0 Å². The van der Waals surface area contributed by atoms with Crippen LogP contribution < -0.4 is 0 Å². The summed E-state index contributed by atoms with van der Waals surface area (Å²) in [5.41, 5.74) is -0.503. The minimum Gasteiger partial charge on any atom is -0.370 e. The summed E-state index contributed by atoms with van der Waals surface area (Å²) in [5.74, 6) is 0. The fourth-order valence-corrected chi connectivity index (χ4v) is 2.11. The monoisotopic (exact) mass is 268 g/mol. The molecule has 0 aliphatic rings. The SMILES string of the molecule is CCCCCCC(Cl)(Cl)C(C)(C)OC(C)C. The predicted molar refractivity (Wildman–Crippen MR) is 73.5 cm³/mol. The standard InChI is InChI=1S/C13H26Cl2O/c1-6-7-8-9-10-13(14,15)12(4,5)16-11(2)3/h11H,6-10H2,1-5H3. The maximum absolute atomic E-state index is 6.39. The predicted octanol–water partition coefficient (Wildman–Crippen LogP) is 5.33. The zero-order chi connectivity index (χ0) is 12.8. The van der Waals surface area contributed by atoms with Crippen LogP contribution in [-0.2, 0) is 4.74 Å². The van der Waals surface area contributed by atoms with E-state index >= 15 is 0 Å². The van der Waals surface area contributed by atoms with Gasteiger partial charge in [0.25, 0.3) is 0 Å². The molecule has 98 valence electrons. The average molecular weight is 269 g/mol. The molecule has 0 N–H and O–H groups in total. The minimum atomic E-state index is -0.801. The van der Waals surface area contributed by atoms with Gasteiger partial charge in [0.1, 0.15) is 4.33 Å². The van der Waals surface area contributed by atoms with Crippen LogP contribution in [-0.4, -0.2) is 16.0 Å². The Morgan fingerprint density at radius 2 is 1.62 bits per heavy atom. The van der Waals surface area contributed by atoms with Crippen LogP contribution in [0, 0.1) is 0 Å². The summed E-state index contributed by atoms with van der Waals surface area (Å²) in [5, 5.41) is 0. The van der Waals surface area contributed by atoms with Crippen molar-refractivity contribution in [2.45, 2.75) is 82.8 Å². The van der Waals surface area contributed by atoms with Gasteiger partial charge in [-0.2, -0.15) is 0 Å². The maximum atomic E-state index is 6.39. The van der Waals surface area contributed by atoms with Crippen LogP contribution in [0.5, 0.6) is 0 Å². The Bertz CT molecular complexity index is 188. The third-order valence-electron chi connectivity index (χ3n) is 2.76. The van der Waals surface area contributed by atoms with Crippen molar-refractivity contribution in [2.75, 3.05) is 0 Å². The van der Waals surface area contributed by atoms with Gasteiger partial charge in [0, 0.05) is 0 Å². The van der Waals surface area contributed by atoms with Crippen molar-refractivity contribution in [1.29, 1.82) is 0 Å². The van der Waals surface area contributed by atoms with Crippen molar-refractivity contribution in [1.82, 2.24) is 0 Å². The summed E-state index contributed by atoms with van der Waals surface area (Å²) in [4.78, 5) is 0. The Morgan fingerprint density at radius 3 is 2.06 bits per heavy atom. The molecule has 0 rings (SSSR count). The van der Waals surface area contributed by atoms with Crippen molar-refractivity contribution in [3.63, 3.8) is 0 Å². The van der Waals surface area contributed by atoms with Gasteiger partial charge in [0.05, 0.1) is 11.7 Å². The van der Waals surface area contributed by atoms with Crippen LogP contribution >= 0.6 is 23.2 Å². The van der Waals surface area contributed by atoms with Crippen LogP contribution in [0.15, 0.2) is 0 Å². The highest BCUT2D eigenvalue weighted by molar-refractivity contribution is 6.49. The van der Waals surface area contributed by atoms with Crippen molar-refractivity contribution >= 4 is 23.2 Å². The van der Waals surface area contributed by atoms with E-state index in [1.165, 1.54) is 19.3 Å². The Hall–Kier alpha value is 0.540. The molecule has 16 heavy (non-hydrogen) atoms. The number of unbranched alkanes of at least 4 members (excludes halogenated alkanes) is 3. The van der Waals surface area contributed by atoms with Gasteiger partial charge in [-0.3, -0.25) is 0 Å². The minimum absolute atomic E-state index is 0.141. The summed E-state index contributed by atoms with van der Waals surface area (Å²) < 4.78 is 5.00. The number of hydrogen-bond donors (Lipinski definition) is 0. The highest BCUT2D eigenvalue weighted by Gasteiger charge is 2.43. The molecule has 1 nitrogen and oxygen atoms in total. The van der Waals surface area contributed by atoms with Gasteiger partial charge in [0.2, 0.25) is 0 Å². The lowest BCUT2D eigenvalue weighted by Gasteiger charge is -2.38. The van der Waals surface area contributed by atoms with E-state index in [9.17, 15) is 0 Å². The first-order chi connectivity index (χ1) is 7.23. The van der Waals surface area contributed by atoms with Crippen LogP contribution in [0.1, 0.15) is 66.7 Å². The highest BCUT2D eigenvalue weighted by Crippen LogP contribution is 2.41. The molecule has 0 aromatic rings. The molecule has 0 atom stereocenters. The van der Waals surface area contributed by atoms with E-state index in [0.29, 0.717) is 0 Å². The van der Waals surface area contributed by atoms with Gasteiger partial charge in [-0.05, 0) is 34.1 Å². The maximum Gasteiger partial charge on any atom is 0.146 e. The summed E-state index contributed by atoms with van der Waals surface area (Å²) in [6.45, 7) is 10.1. The lowest BCUT2D eigenvalue weighted by molar-refractivity contribution is -0.0672. The quantitative estimate of drug-likeness (QED) is 0.427. The first-order valence-corrected chi connectivity index (χ1v) is 7.04. The highest BCUT2D eigenvalue weighted by atomic mass is 35.5. The van der Waals surface area contributed by atoms with Gasteiger partial charge in [-0.15, -0.1) is 0 Å². The fraction of sp³-hybridized carbons (Fsp3) is 1.00. The van der Waals surface area contributed by atoms with Crippen molar-refractivity contribution in [2.24, 2.45) is 0 Å². The second kappa shape index (κ2) is 7.08. The van der Waals surface area contributed by atoms with Crippen LogP contribution in [0.25, 0.3) is 0 Å². The normalized spacial score (nSPS) is 13.5. The van der Waals surface area contributed by atoms with Crippen molar-refractivity contribution < 1.29 is 4.74 Å². The molecule has 0 unspecified atom stereocenters. The molecule has 0 aromatic carbocycles. The van der Waals surface area contributed by atoms with E-state index in [1.807, 2.05) is 27.7 Å². The number of ether oxygens (including phenoxy) is 1. The Labute approximate surface area is 111 Å². The molecule has 0 amide bonds. The van der Waals surface area contributed by atoms with Gasteiger partial charge < -0.3 is 4.74 Å². The van der Waals surface area contributed by atoms with E-state index in [1.54, 1.807) is 0 Å². The zero-order valence-electron chi connectivity index (χ0n) is 11.3. The van der Waals surface area contributed by atoms with Gasteiger partial charge >= 0.3 is 0 Å². The Morgan fingerprint density at radius 1 is 1.06 bits per heavy atom. The number of rotatable bonds is 8. The summed E-state index contributed by atoms with van der Waals surface area (Å²) in [7, 11) is 0. The van der Waals surface area contributed by atoms with E-state index in [-0.39, 0.29) is 6.10 Å². The molecular formula is C13H26Cl2O. The van der Waals surface area contributed by atoms with Crippen molar-refractivity contribution in [3.05, 3.63) is 0 Å². The van der Waals surface area contributed by atoms with Crippen LogP contribution in [0.2, 0.25) is 0 Å². The van der Waals surface area contributed by atoms with Crippen molar-refractivity contribution in [3.8, 4) is 0 Å². The zero-order valence-corrected chi connectivity index (χ0v) is 12.8. The number of halogens is 2. The second-order valence-corrected chi connectivity index (χ2v) is 6.68. The largest absolute Gasteiger partial charge is 0.370 e. The van der Waals surface area contributed by atoms with Crippen LogP contribution in [0.3, 0.4) is 0 Å². The number of hydrogen-bond acceptors (Lipinski definition) is 1. The molecule has 0 bridgehead atoms. The first kappa shape index (κ1) is 16.5. The van der Waals surface area contributed by atoms with Gasteiger partial charge in [-0.25, -0.2) is 0 Å². The topological polar surface area (TPSA) is 9.23 Å². The molecule has 0 saturated heterocycles. The summed E-state index contributed by atoms with van der Waals surface area (Å²) in [6, 6.07) is 0. The fourth-order valence-electron chi connectivity index (χ4n) is 1.75. The second-order valence-electron chi connectivity index (χ2n) is 5.19. The smallest absolute Gasteiger partial charge is 0.146 e. The Balaban J connectivity index is 4.17. The molecule has 0 saturated carbocycles. The lowest BCUT2D eigenvalue weighted by atomic mass is 9.97. The van der Waals surface area contributed by atoms with E-state index in [4.69, 9.17) is 27.9 Å². The first-order valence-electron chi connectivity index (χ1n) is 6.28. The molecule has 0 fully saturated rings. The third-order valence-corrected chi connectivity index (χ3v) is 4.04. The molecule has 0 aliphatic carbocycles. The van der Waals surface area contributed by atoms with E-state index < -0.39 is 9.93 Å². The van der Waals surface area contributed by atoms with Gasteiger partial charge in [-0.1, -0.05) is 55.8 Å². The summed E-state index contributed by atoms with van der Waals surface area (Å²) in [6.07, 6.45) is 5.65. The molecule has 0 heterocycles. The lowest BCUT2D eigenvalue weighted by Crippen LogP contribution is -2.45. The molecule has 0 aromatic heterocycles. The molecule has 0 spiro atoms. The average Bonchev–Trinajstić information content (AvgIpc) is 2.10. The number of alkyl halides is 2. The van der Waals surface area contributed by atoms with E-state index in [0.717, 1.165) is 12.8 Å². The van der Waals surface area contributed by atoms with E-state index in [2.05, 4.69) is 6.92 Å². The molecule has 0 aliphatic heterocycles. The summed E-state index contributed by atoms with van der Waals surface area (Å²) >= 11 is 12.8. The van der Waals surface area contributed by atoms with Gasteiger partial charge in [0.15, 0.2) is 0 Å². The molecule has 3 heteroatoms. The molecular weight excluding hydrogens is 243 g/mol. The third kappa shape index (κ3) is 5.75.